The fraction of sp³-hybridized carbons (Fsp3) is 0.190. The zero-order valence-electron chi connectivity index (χ0n) is 13.9. The Morgan fingerprint density at radius 3 is 2.36 bits per heavy atom. The summed E-state index contributed by atoms with van der Waals surface area (Å²) in [6.07, 6.45) is 0. The van der Waals surface area contributed by atoms with Crippen molar-refractivity contribution in [3.8, 4) is 0 Å². The molecule has 0 bridgehead atoms. The number of amides is 1. The minimum Gasteiger partial charge on any atom is -0.378 e. The van der Waals surface area contributed by atoms with Crippen LogP contribution in [0.25, 0.3) is 10.8 Å². The zero-order chi connectivity index (χ0) is 17.1. The van der Waals surface area contributed by atoms with E-state index in [1.165, 1.54) is 0 Å². The SMILES string of the molecule is O=C(Nc1ccc(N2CCOCC2)cc1)c1ccc2ccccc2c1. The van der Waals surface area contributed by atoms with Crippen LogP contribution in [-0.2, 0) is 4.74 Å². The third-order valence-corrected chi connectivity index (χ3v) is 4.51. The van der Waals surface area contributed by atoms with Crippen LogP contribution in [-0.4, -0.2) is 32.2 Å². The number of carbonyl (C=O) groups is 1. The van der Waals surface area contributed by atoms with Crippen LogP contribution in [0.4, 0.5) is 11.4 Å². The molecule has 0 spiro atoms. The predicted molar refractivity (Wildman–Crippen MR) is 101 cm³/mol. The predicted octanol–water partition coefficient (Wildman–Crippen LogP) is 3.93. The number of hydrogen-bond donors (Lipinski definition) is 1. The molecule has 1 aliphatic heterocycles. The van der Waals surface area contributed by atoms with Crippen molar-refractivity contribution in [2.45, 2.75) is 0 Å². The van der Waals surface area contributed by atoms with Crippen molar-refractivity contribution in [2.75, 3.05) is 36.5 Å². The van der Waals surface area contributed by atoms with Gasteiger partial charge in [-0.2, -0.15) is 0 Å². The monoisotopic (exact) mass is 332 g/mol. The second kappa shape index (κ2) is 6.95. The summed E-state index contributed by atoms with van der Waals surface area (Å²) in [6.45, 7) is 3.34. The Morgan fingerprint density at radius 1 is 0.880 bits per heavy atom. The summed E-state index contributed by atoms with van der Waals surface area (Å²) in [5, 5.41) is 5.17. The highest BCUT2D eigenvalue weighted by Gasteiger charge is 2.11. The van der Waals surface area contributed by atoms with E-state index < -0.39 is 0 Å². The van der Waals surface area contributed by atoms with Crippen molar-refractivity contribution in [1.29, 1.82) is 0 Å². The number of fused-ring (bicyclic) bond motifs is 1. The van der Waals surface area contributed by atoms with Gasteiger partial charge in [-0.3, -0.25) is 4.79 Å². The van der Waals surface area contributed by atoms with Crippen molar-refractivity contribution >= 4 is 28.1 Å². The van der Waals surface area contributed by atoms with Gasteiger partial charge in [0.05, 0.1) is 13.2 Å². The summed E-state index contributed by atoms with van der Waals surface area (Å²) in [5.74, 6) is -0.0927. The van der Waals surface area contributed by atoms with Gasteiger partial charge in [0.25, 0.3) is 5.91 Å². The van der Waals surface area contributed by atoms with Crippen LogP contribution in [0.1, 0.15) is 10.4 Å². The first-order valence-electron chi connectivity index (χ1n) is 8.52. The van der Waals surface area contributed by atoms with Gasteiger partial charge in [0.2, 0.25) is 0 Å². The summed E-state index contributed by atoms with van der Waals surface area (Å²) in [6, 6.07) is 21.8. The summed E-state index contributed by atoms with van der Waals surface area (Å²) in [4.78, 5) is 14.8. The molecule has 4 rings (SSSR count). The van der Waals surface area contributed by atoms with Crippen molar-refractivity contribution in [1.82, 2.24) is 0 Å². The number of carbonyl (C=O) groups excluding carboxylic acids is 1. The van der Waals surface area contributed by atoms with E-state index in [2.05, 4.69) is 10.2 Å². The third kappa shape index (κ3) is 3.49. The minimum absolute atomic E-state index is 0.0927. The third-order valence-electron chi connectivity index (χ3n) is 4.51. The molecule has 0 atom stereocenters. The van der Waals surface area contributed by atoms with Crippen LogP contribution in [0.15, 0.2) is 66.7 Å². The molecule has 0 aromatic heterocycles. The number of anilines is 2. The maximum atomic E-state index is 12.5. The quantitative estimate of drug-likeness (QED) is 0.790. The Morgan fingerprint density at radius 2 is 1.60 bits per heavy atom. The van der Waals surface area contributed by atoms with Crippen molar-refractivity contribution in [2.24, 2.45) is 0 Å². The normalized spacial score (nSPS) is 14.5. The Labute approximate surface area is 147 Å². The van der Waals surface area contributed by atoms with E-state index in [-0.39, 0.29) is 5.91 Å². The molecule has 1 amide bonds. The van der Waals surface area contributed by atoms with E-state index in [9.17, 15) is 4.79 Å². The largest absolute Gasteiger partial charge is 0.378 e. The fourth-order valence-corrected chi connectivity index (χ4v) is 3.11. The number of rotatable bonds is 3. The van der Waals surface area contributed by atoms with E-state index in [0.717, 1.165) is 48.5 Å². The van der Waals surface area contributed by atoms with Gasteiger partial charge < -0.3 is 15.0 Å². The summed E-state index contributed by atoms with van der Waals surface area (Å²) < 4.78 is 5.38. The summed E-state index contributed by atoms with van der Waals surface area (Å²) in [5.41, 5.74) is 2.62. The summed E-state index contributed by atoms with van der Waals surface area (Å²) in [7, 11) is 0. The second-order valence-corrected chi connectivity index (χ2v) is 6.16. The molecule has 1 heterocycles. The average Bonchev–Trinajstić information content (AvgIpc) is 2.69. The number of benzene rings is 3. The first kappa shape index (κ1) is 15.7. The lowest BCUT2D eigenvalue weighted by Crippen LogP contribution is -2.36. The van der Waals surface area contributed by atoms with Crippen LogP contribution in [0.5, 0.6) is 0 Å². The van der Waals surface area contributed by atoms with E-state index in [4.69, 9.17) is 4.74 Å². The molecule has 25 heavy (non-hydrogen) atoms. The van der Waals surface area contributed by atoms with Crippen LogP contribution < -0.4 is 10.2 Å². The lowest BCUT2D eigenvalue weighted by atomic mass is 10.1. The highest BCUT2D eigenvalue weighted by Crippen LogP contribution is 2.20. The Bertz CT molecular complexity index is 884. The topological polar surface area (TPSA) is 41.6 Å². The number of hydrogen-bond acceptors (Lipinski definition) is 3. The standard InChI is InChI=1S/C21H20N2O2/c24-21(18-6-5-16-3-1-2-4-17(16)15-18)22-19-7-9-20(10-8-19)23-11-13-25-14-12-23/h1-10,15H,11-14H2,(H,22,24). The zero-order valence-corrected chi connectivity index (χ0v) is 13.9. The Balaban J connectivity index is 1.47. The van der Waals surface area contributed by atoms with E-state index >= 15 is 0 Å². The maximum absolute atomic E-state index is 12.5. The van der Waals surface area contributed by atoms with Gasteiger partial charge in [-0.15, -0.1) is 0 Å². The number of ether oxygens (including phenoxy) is 1. The van der Waals surface area contributed by atoms with Crippen molar-refractivity contribution in [3.05, 3.63) is 72.3 Å². The smallest absolute Gasteiger partial charge is 0.255 e. The Kier molecular flexibility index (Phi) is 4.36. The number of morpholine rings is 1. The molecule has 4 nitrogen and oxygen atoms in total. The molecular weight excluding hydrogens is 312 g/mol. The molecule has 0 radical (unpaired) electrons. The molecule has 3 aromatic carbocycles. The van der Waals surface area contributed by atoms with Gasteiger partial charge in [-0.25, -0.2) is 0 Å². The van der Waals surface area contributed by atoms with E-state index in [1.807, 2.05) is 66.7 Å². The van der Waals surface area contributed by atoms with Crippen LogP contribution >= 0.6 is 0 Å². The van der Waals surface area contributed by atoms with Gasteiger partial charge in [0.1, 0.15) is 0 Å². The van der Waals surface area contributed by atoms with Crippen molar-refractivity contribution < 1.29 is 9.53 Å². The molecule has 1 fully saturated rings. The highest BCUT2D eigenvalue weighted by molar-refractivity contribution is 6.06. The minimum atomic E-state index is -0.0927. The van der Waals surface area contributed by atoms with E-state index in [0.29, 0.717) is 5.56 Å². The van der Waals surface area contributed by atoms with Gasteiger partial charge in [-0.1, -0.05) is 30.3 Å². The van der Waals surface area contributed by atoms with Crippen LogP contribution in [0.2, 0.25) is 0 Å². The van der Waals surface area contributed by atoms with Crippen molar-refractivity contribution in [3.63, 3.8) is 0 Å². The molecule has 0 aliphatic carbocycles. The molecule has 3 aromatic rings. The van der Waals surface area contributed by atoms with Gasteiger partial charge >= 0.3 is 0 Å². The van der Waals surface area contributed by atoms with Gasteiger partial charge in [-0.05, 0) is 47.2 Å². The molecule has 0 unspecified atom stereocenters. The van der Waals surface area contributed by atoms with Gasteiger partial charge in [0, 0.05) is 30.0 Å². The first-order valence-corrected chi connectivity index (χ1v) is 8.52. The van der Waals surface area contributed by atoms with Crippen LogP contribution in [0.3, 0.4) is 0 Å². The fourth-order valence-electron chi connectivity index (χ4n) is 3.11. The Hall–Kier alpha value is -2.85. The lowest BCUT2D eigenvalue weighted by molar-refractivity contribution is 0.102. The first-order chi connectivity index (χ1) is 12.3. The number of nitrogens with zero attached hydrogens (tertiary/aromatic N) is 1. The molecule has 126 valence electrons. The van der Waals surface area contributed by atoms with Crippen LogP contribution in [0, 0.1) is 0 Å². The molecule has 1 saturated heterocycles. The number of nitrogens with one attached hydrogen (secondary N) is 1. The summed E-state index contributed by atoms with van der Waals surface area (Å²) >= 11 is 0. The molecule has 1 N–H and O–H groups in total. The molecule has 0 saturated carbocycles. The maximum Gasteiger partial charge on any atom is 0.255 e. The van der Waals surface area contributed by atoms with E-state index in [1.54, 1.807) is 0 Å². The molecule has 1 aliphatic rings. The highest BCUT2D eigenvalue weighted by atomic mass is 16.5. The molecule has 4 heteroatoms. The molecular formula is C21H20N2O2. The lowest BCUT2D eigenvalue weighted by Gasteiger charge is -2.28. The van der Waals surface area contributed by atoms with Gasteiger partial charge in [0.15, 0.2) is 0 Å². The average molecular weight is 332 g/mol. The second-order valence-electron chi connectivity index (χ2n) is 6.16.